The molecule has 0 fully saturated rings. The highest BCUT2D eigenvalue weighted by Crippen LogP contribution is 2.19. The van der Waals surface area contributed by atoms with Gasteiger partial charge in [-0.2, -0.15) is 0 Å². The van der Waals surface area contributed by atoms with Crippen molar-refractivity contribution < 1.29 is 4.79 Å². The fourth-order valence-electron chi connectivity index (χ4n) is 2.62. The molecule has 0 aliphatic carbocycles. The van der Waals surface area contributed by atoms with Gasteiger partial charge in [-0.05, 0) is 43.2 Å². The Morgan fingerprint density at radius 1 is 1.33 bits per heavy atom. The van der Waals surface area contributed by atoms with Crippen LogP contribution in [0.2, 0.25) is 0 Å². The number of pyridine rings is 1. The van der Waals surface area contributed by atoms with E-state index in [0.717, 1.165) is 16.8 Å². The molecule has 1 aromatic carbocycles. The van der Waals surface area contributed by atoms with E-state index in [0.29, 0.717) is 22.7 Å². The number of benzene rings is 1. The summed E-state index contributed by atoms with van der Waals surface area (Å²) in [6.07, 6.45) is 3.22. The molecule has 1 N–H and O–H groups in total. The van der Waals surface area contributed by atoms with Gasteiger partial charge in [-0.15, -0.1) is 6.58 Å². The predicted octanol–water partition coefficient (Wildman–Crippen LogP) is 3.33. The predicted molar refractivity (Wildman–Crippen MR) is 109 cm³/mol. The lowest BCUT2D eigenvalue weighted by atomic mass is 10.1. The van der Waals surface area contributed by atoms with Gasteiger partial charge in [-0.3, -0.25) is 14.2 Å². The molecule has 7 heteroatoms. The molecule has 3 rings (SSSR count). The van der Waals surface area contributed by atoms with Gasteiger partial charge in [-0.1, -0.05) is 30.0 Å². The molecule has 138 valence electrons. The molecule has 0 aliphatic heterocycles. The normalized spacial score (nSPS) is 10.7. The maximum Gasteiger partial charge on any atom is 0.263 e. The van der Waals surface area contributed by atoms with Crippen molar-refractivity contribution in [3.8, 4) is 0 Å². The first-order valence-corrected chi connectivity index (χ1v) is 9.44. The summed E-state index contributed by atoms with van der Waals surface area (Å²) in [5.41, 5.74) is 3.05. The average molecular weight is 380 g/mol. The van der Waals surface area contributed by atoms with Crippen molar-refractivity contribution in [2.75, 3.05) is 11.1 Å². The quantitative estimate of drug-likeness (QED) is 0.403. The summed E-state index contributed by atoms with van der Waals surface area (Å²) < 4.78 is 1.51. The van der Waals surface area contributed by atoms with Crippen molar-refractivity contribution in [1.82, 2.24) is 14.5 Å². The minimum Gasteiger partial charge on any atom is -0.325 e. The number of carbonyl (C=O) groups is 1. The SMILES string of the molecule is C=CCn1c(SCC(=O)Nc2cc(C)ccc2C)nc2ncccc2c1=O. The van der Waals surface area contributed by atoms with Crippen LogP contribution in [0.3, 0.4) is 0 Å². The van der Waals surface area contributed by atoms with Crippen LogP contribution >= 0.6 is 11.8 Å². The Morgan fingerprint density at radius 2 is 2.15 bits per heavy atom. The Morgan fingerprint density at radius 3 is 2.93 bits per heavy atom. The van der Waals surface area contributed by atoms with Crippen molar-refractivity contribution in [2.45, 2.75) is 25.5 Å². The Kier molecular flexibility index (Phi) is 5.71. The van der Waals surface area contributed by atoms with Crippen molar-refractivity contribution >= 4 is 34.4 Å². The molecular weight excluding hydrogens is 360 g/mol. The largest absolute Gasteiger partial charge is 0.325 e. The summed E-state index contributed by atoms with van der Waals surface area (Å²) >= 11 is 1.21. The van der Waals surface area contributed by atoms with E-state index < -0.39 is 0 Å². The number of fused-ring (bicyclic) bond motifs is 1. The third-order valence-corrected chi connectivity index (χ3v) is 4.98. The van der Waals surface area contributed by atoms with Crippen LogP contribution in [0, 0.1) is 13.8 Å². The summed E-state index contributed by atoms with van der Waals surface area (Å²) in [5.74, 6) is -0.0239. The molecule has 0 atom stereocenters. The highest BCUT2D eigenvalue weighted by Gasteiger charge is 2.13. The third kappa shape index (κ3) is 4.25. The fourth-order valence-corrected chi connectivity index (χ4v) is 3.42. The van der Waals surface area contributed by atoms with Gasteiger partial charge in [0.25, 0.3) is 5.56 Å². The van der Waals surface area contributed by atoms with E-state index in [4.69, 9.17) is 0 Å². The number of nitrogens with zero attached hydrogens (tertiary/aromatic N) is 3. The fraction of sp³-hybridized carbons (Fsp3) is 0.200. The number of carbonyl (C=O) groups excluding carboxylic acids is 1. The minimum absolute atomic E-state index is 0.134. The molecule has 0 aliphatic rings. The summed E-state index contributed by atoms with van der Waals surface area (Å²) in [7, 11) is 0. The minimum atomic E-state index is -0.189. The maximum atomic E-state index is 12.7. The van der Waals surface area contributed by atoms with Gasteiger partial charge in [0.1, 0.15) is 0 Å². The average Bonchev–Trinajstić information content (AvgIpc) is 2.66. The molecule has 6 nitrogen and oxygen atoms in total. The lowest BCUT2D eigenvalue weighted by molar-refractivity contribution is -0.113. The van der Waals surface area contributed by atoms with E-state index in [2.05, 4.69) is 21.9 Å². The zero-order chi connectivity index (χ0) is 19.4. The molecule has 2 aromatic heterocycles. The van der Waals surface area contributed by atoms with Crippen LogP contribution in [0.25, 0.3) is 11.0 Å². The van der Waals surface area contributed by atoms with E-state index in [-0.39, 0.29) is 17.2 Å². The zero-order valence-corrected chi connectivity index (χ0v) is 16.0. The van der Waals surface area contributed by atoms with Crippen LogP contribution in [-0.2, 0) is 11.3 Å². The summed E-state index contributed by atoms with van der Waals surface area (Å²) in [6, 6.07) is 9.30. The van der Waals surface area contributed by atoms with Gasteiger partial charge in [-0.25, -0.2) is 9.97 Å². The molecule has 2 heterocycles. The van der Waals surface area contributed by atoms with Crippen LogP contribution in [0.4, 0.5) is 5.69 Å². The van der Waals surface area contributed by atoms with Crippen molar-refractivity contribution in [1.29, 1.82) is 0 Å². The van der Waals surface area contributed by atoms with Crippen molar-refractivity contribution in [2.24, 2.45) is 0 Å². The summed E-state index contributed by atoms with van der Waals surface area (Å²) in [6.45, 7) is 7.93. The van der Waals surface area contributed by atoms with Crippen LogP contribution in [-0.4, -0.2) is 26.2 Å². The smallest absolute Gasteiger partial charge is 0.263 e. The highest BCUT2D eigenvalue weighted by molar-refractivity contribution is 7.99. The molecule has 0 saturated carbocycles. The number of anilines is 1. The molecule has 27 heavy (non-hydrogen) atoms. The zero-order valence-electron chi connectivity index (χ0n) is 15.2. The third-order valence-electron chi connectivity index (χ3n) is 4.01. The van der Waals surface area contributed by atoms with Crippen LogP contribution in [0.15, 0.2) is 59.1 Å². The number of allylic oxidation sites excluding steroid dienone is 1. The van der Waals surface area contributed by atoms with E-state index in [9.17, 15) is 9.59 Å². The standard InChI is InChI=1S/C20H20N4O2S/c1-4-10-24-19(26)15-6-5-9-21-18(15)23-20(24)27-12-17(25)22-16-11-13(2)7-8-14(16)3/h4-9,11H,1,10,12H2,2-3H3,(H,22,25). The van der Waals surface area contributed by atoms with Gasteiger partial charge >= 0.3 is 0 Å². The molecule has 0 bridgehead atoms. The highest BCUT2D eigenvalue weighted by atomic mass is 32.2. The molecular formula is C20H20N4O2S. The summed E-state index contributed by atoms with van der Waals surface area (Å²) in [5, 5.41) is 3.81. The number of aromatic nitrogens is 3. The second kappa shape index (κ2) is 8.18. The van der Waals surface area contributed by atoms with Crippen LogP contribution in [0.1, 0.15) is 11.1 Å². The molecule has 1 amide bonds. The van der Waals surface area contributed by atoms with Crippen molar-refractivity contribution in [3.05, 3.63) is 70.7 Å². The monoisotopic (exact) mass is 380 g/mol. The second-order valence-electron chi connectivity index (χ2n) is 6.13. The van der Waals surface area contributed by atoms with Gasteiger partial charge in [0.2, 0.25) is 5.91 Å². The maximum absolute atomic E-state index is 12.7. The molecule has 0 spiro atoms. The Bertz CT molecular complexity index is 1080. The van der Waals surface area contributed by atoms with Crippen LogP contribution < -0.4 is 10.9 Å². The first kappa shape index (κ1) is 18.8. The van der Waals surface area contributed by atoms with E-state index in [1.54, 1.807) is 24.4 Å². The second-order valence-corrected chi connectivity index (χ2v) is 7.07. The first-order chi connectivity index (χ1) is 13.0. The Balaban J connectivity index is 1.82. The van der Waals surface area contributed by atoms with Crippen LogP contribution in [0.5, 0.6) is 0 Å². The van der Waals surface area contributed by atoms with Gasteiger partial charge in [0, 0.05) is 18.4 Å². The number of hydrogen-bond donors (Lipinski definition) is 1. The van der Waals surface area contributed by atoms with E-state index in [1.807, 2.05) is 32.0 Å². The number of nitrogens with one attached hydrogen (secondary N) is 1. The van der Waals surface area contributed by atoms with Gasteiger partial charge in [0.15, 0.2) is 10.8 Å². The number of rotatable bonds is 6. The molecule has 0 unspecified atom stereocenters. The van der Waals surface area contributed by atoms with Gasteiger partial charge < -0.3 is 5.32 Å². The number of aryl methyl sites for hydroxylation is 2. The molecule has 0 saturated heterocycles. The molecule has 3 aromatic rings. The van der Waals surface area contributed by atoms with Gasteiger partial charge in [0.05, 0.1) is 11.1 Å². The number of amides is 1. The lowest BCUT2D eigenvalue weighted by Gasteiger charge is -2.12. The number of thioether (sulfide) groups is 1. The Labute approximate surface area is 161 Å². The first-order valence-electron chi connectivity index (χ1n) is 8.46. The molecule has 0 radical (unpaired) electrons. The van der Waals surface area contributed by atoms with E-state index >= 15 is 0 Å². The topological polar surface area (TPSA) is 76.9 Å². The number of hydrogen-bond acceptors (Lipinski definition) is 5. The van der Waals surface area contributed by atoms with Crippen molar-refractivity contribution in [3.63, 3.8) is 0 Å². The lowest BCUT2D eigenvalue weighted by Crippen LogP contribution is -2.24. The summed E-state index contributed by atoms with van der Waals surface area (Å²) in [4.78, 5) is 33.7. The Hall–Kier alpha value is -2.93. The van der Waals surface area contributed by atoms with E-state index in [1.165, 1.54) is 16.3 Å².